The molecule has 0 aromatic heterocycles. The Morgan fingerprint density at radius 3 is 2.45 bits per heavy atom. The number of amides is 2. The average molecular weight is 306 g/mol. The zero-order valence-corrected chi connectivity index (χ0v) is 13.7. The highest BCUT2D eigenvalue weighted by Crippen LogP contribution is 2.13. The molecule has 1 aromatic rings. The standard InChI is InChI=1S/C17H26N2O3/c1-4-5-6-17(21)18-11-12-19(14(2)20)13-15-7-9-16(22-3)10-8-15/h7-10H,4-6,11-13H2,1-3H3,(H,18,21). The lowest BCUT2D eigenvalue weighted by molar-refractivity contribution is -0.130. The highest BCUT2D eigenvalue weighted by atomic mass is 16.5. The summed E-state index contributed by atoms with van der Waals surface area (Å²) in [5, 5.41) is 2.85. The Balaban J connectivity index is 2.44. The summed E-state index contributed by atoms with van der Waals surface area (Å²) in [6.45, 7) is 5.13. The van der Waals surface area contributed by atoms with Crippen LogP contribution >= 0.6 is 0 Å². The predicted molar refractivity (Wildman–Crippen MR) is 86.6 cm³/mol. The van der Waals surface area contributed by atoms with Crippen LogP contribution in [0.15, 0.2) is 24.3 Å². The van der Waals surface area contributed by atoms with Crippen molar-refractivity contribution in [2.24, 2.45) is 0 Å². The molecule has 0 unspecified atom stereocenters. The molecule has 0 heterocycles. The number of nitrogens with zero attached hydrogens (tertiary/aromatic N) is 1. The van der Waals surface area contributed by atoms with E-state index in [2.05, 4.69) is 12.2 Å². The van der Waals surface area contributed by atoms with Gasteiger partial charge in [0.05, 0.1) is 7.11 Å². The van der Waals surface area contributed by atoms with Crippen LogP contribution in [0, 0.1) is 0 Å². The minimum atomic E-state index is -0.00127. The summed E-state index contributed by atoms with van der Waals surface area (Å²) in [7, 11) is 1.62. The molecule has 1 aromatic carbocycles. The third-order valence-corrected chi connectivity index (χ3v) is 3.44. The first-order valence-corrected chi connectivity index (χ1v) is 7.72. The van der Waals surface area contributed by atoms with Crippen LogP contribution in [0.4, 0.5) is 0 Å². The molecule has 0 spiro atoms. The number of benzene rings is 1. The Kier molecular flexibility index (Phi) is 8.04. The smallest absolute Gasteiger partial charge is 0.220 e. The second-order valence-electron chi connectivity index (χ2n) is 5.24. The van der Waals surface area contributed by atoms with Gasteiger partial charge in [-0.15, -0.1) is 0 Å². The molecule has 1 rings (SSSR count). The van der Waals surface area contributed by atoms with E-state index in [4.69, 9.17) is 4.74 Å². The minimum absolute atomic E-state index is 0.00127. The van der Waals surface area contributed by atoms with Gasteiger partial charge in [-0.3, -0.25) is 9.59 Å². The van der Waals surface area contributed by atoms with Crippen LogP contribution in [-0.4, -0.2) is 36.9 Å². The summed E-state index contributed by atoms with van der Waals surface area (Å²) in [5.41, 5.74) is 1.04. The van der Waals surface area contributed by atoms with Crippen LogP contribution in [0.1, 0.15) is 38.7 Å². The van der Waals surface area contributed by atoms with Gasteiger partial charge in [-0.2, -0.15) is 0 Å². The van der Waals surface area contributed by atoms with Gasteiger partial charge in [0.2, 0.25) is 11.8 Å². The van der Waals surface area contributed by atoms with E-state index in [9.17, 15) is 9.59 Å². The fraction of sp³-hybridized carbons (Fsp3) is 0.529. The van der Waals surface area contributed by atoms with E-state index in [1.54, 1.807) is 18.9 Å². The first kappa shape index (κ1) is 18.0. The van der Waals surface area contributed by atoms with Crippen LogP contribution in [0.5, 0.6) is 5.75 Å². The van der Waals surface area contributed by atoms with E-state index >= 15 is 0 Å². The van der Waals surface area contributed by atoms with E-state index in [1.807, 2.05) is 24.3 Å². The summed E-state index contributed by atoms with van der Waals surface area (Å²) >= 11 is 0. The molecule has 0 radical (unpaired) electrons. The van der Waals surface area contributed by atoms with Gasteiger partial charge in [0.1, 0.15) is 5.75 Å². The molecule has 0 aliphatic carbocycles. The van der Waals surface area contributed by atoms with Crippen LogP contribution in [0.2, 0.25) is 0 Å². The number of methoxy groups -OCH3 is 1. The molecule has 122 valence electrons. The Bertz CT molecular complexity index is 471. The van der Waals surface area contributed by atoms with E-state index in [-0.39, 0.29) is 11.8 Å². The van der Waals surface area contributed by atoms with Crippen LogP contribution < -0.4 is 10.1 Å². The lowest BCUT2D eigenvalue weighted by Gasteiger charge is -2.21. The van der Waals surface area contributed by atoms with Gasteiger partial charge >= 0.3 is 0 Å². The normalized spacial score (nSPS) is 10.1. The Morgan fingerprint density at radius 2 is 1.91 bits per heavy atom. The largest absolute Gasteiger partial charge is 0.497 e. The first-order chi connectivity index (χ1) is 10.6. The van der Waals surface area contributed by atoms with Crippen molar-refractivity contribution in [2.75, 3.05) is 20.2 Å². The van der Waals surface area contributed by atoms with E-state index in [0.29, 0.717) is 26.1 Å². The van der Waals surface area contributed by atoms with Gasteiger partial charge in [0.25, 0.3) is 0 Å². The molecule has 0 fully saturated rings. The SMILES string of the molecule is CCCCC(=O)NCCN(Cc1ccc(OC)cc1)C(C)=O. The molecule has 1 N–H and O–H groups in total. The van der Waals surface area contributed by atoms with Crippen LogP contribution in [-0.2, 0) is 16.1 Å². The van der Waals surface area contributed by atoms with Gasteiger partial charge in [-0.05, 0) is 24.1 Å². The second-order valence-corrected chi connectivity index (χ2v) is 5.24. The van der Waals surface area contributed by atoms with Crippen molar-refractivity contribution in [2.45, 2.75) is 39.7 Å². The molecule has 22 heavy (non-hydrogen) atoms. The van der Waals surface area contributed by atoms with Crippen molar-refractivity contribution < 1.29 is 14.3 Å². The molecule has 0 aliphatic heterocycles. The minimum Gasteiger partial charge on any atom is -0.497 e. The zero-order chi connectivity index (χ0) is 16.4. The molecule has 5 nitrogen and oxygen atoms in total. The molecule has 2 amide bonds. The molecule has 0 bridgehead atoms. The third-order valence-electron chi connectivity index (χ3n) is 3.44. The molecular weight excluding hydrogens is 280 g/mol. The fourth-order valence-corrected chi connectivity index (χ4v) is 2.06. The lowest BCUT2D eigenvalue weighted by Crippen LogP contribution is -2.37. The summed E-state index contributed by atoms with van der Waals surface area (Å²) < 4.78 is 5.12. The van der Waals surface area contributed by atoms with E-state index in [0.717, 1.165) is 24.2 Å². The van der Waals surface area contributed by atoms with Gasteiger partial charge in [-0.1, -0.05) is 25.5 Å². The molecule has 0 saturated carbocycles. The molecule has 5 heteroatoms. The van der Waals surface area contributed by atoms with Crippen LogP contribution in [0.3, 0.4) is 0 Å². The van der Waals surface area contributed by atoms with E-state index < -0.39 is 0 Å². The predicted octanol–water partition coefficient (Wildman–Crippen LogP) is 2.35. The van der Waals surface area contributed by atoms with Gasteiger partial charge in [-0.25, -0.2) is 0 Å². The number of hydrogen-bond donors (Lipinski definition) is 1. The number of ether oxygens (including phenoxy) is 1. The Hall–Kier alpha value is -2.04. The second kappa shape index (κ2) is 9.82. The number of carbonyl (C=O) groups is 2. The van der Waals surface area contributed by atoms with Gasteiger partial charge < -0.3 is 15.0 Å². The quantitative estimate of drug-likeness (QED) is 0.762. The van der Waals surface area contributed by atoms with E-state index in [1.165, 1.54) is 0 Å². The molecule has 0 atom stereocenters. The number of hydrogen-bond acceptors (Lipinski definition) is 3. The number of carbonyl (C=O) groups excluding carboxylic acids is 2. The monoisotopic (exact) mass is 306 g/mol. The van der Waals surface area contributed by atoms with Crippen molar-refractivity contribution in [1.29, 1.82) is 0 Å². The van der Waals surface area contributed by atoms with Gasteiger partial charge in [0, 0.05) is 33.0 Å². The van der Waals surface area contributed by atoms with Gasteiger partial charge in [0.15, 0.2) is 0 Å². The fourth-order valence-electron chi connectivity index (χ4n) is 2.06. The molecule has 0 aliphatic rings. The average Bonchev–Trinajstić information content (AvgIpc) is 2.52. The van der Waals surface area contributed by atoms with Crippen molar-refractivity contribution in [3.63, 3.8) is 0 Å². The summed E-state index contributed by atoms with van der Waals surface area (Å²) in [5.74, 6) is 0.842. The summed E-state index contributed by atoms with van der Waals surface area (Å²) in [6.07, 6.45) is 2.45. The topological polar surface area (TPSA) is 58.6 Å². The van der Waals surface area contributed by atoms with Crippen LogP contribution in [0.25, 0.3) is 0 Å². The van der Waals surface area contributed by atoms with Crippen molar-refractivity contribution in [3.8, 4) is 5.75 Å². The molecular formula is C17H26N2O3. The Morgan fingerprint density at radius 1 is 1.23 bits per heavy atom. The third kappa shape index (κ3) is 6.61. The van der Waals surface area contributed by atoms with Crippen molar-refractivity contribution >= 4 is 11.8 Å². The first-order valence-electron chi connectivity index (χ1n) is 7.72. The maximum Gasteiger partial charge on any atom is 0.220 e. The Labute approximate surface area is 132 Å². The lowest BCUT2D eigenvalue weighted by atomic mass is 10.2. The number of unbranched alkanes of at least 4 members (excludes halogenated alkanes) is 1. The number of rotatable bonds is 9. The number of nitrogens with one attached hydrogen (secondary N) is 1. The highest BCUT2D eigenvalue weighted by Gasteiger charge is 2.10. The highest BCUT2D eigenvalue weighted by molar-refractivity contribution is 5.76. The molecule has 0 saturated heterocycles. The summed E-state index contributed by atoms with van der Waals surface area (Å²) in [6, 6.07) is 7.63. The maximum absolute atomic E-state index is 11.7. The zero-order valence-electron chi connectivity index (χ0n) is 13.7. The maximum atomic E-state index is 11.7. The van der Waals surface area contributed by atoms with Crippen molar-refractivity contribution in [1.82, 2.24) is 10.2 Å². The summed E-state index contributed by atoms with van der Waals surface area (Å²) in [4.78, 5) is 25.0. The van der Waals surface area contributed by atoms with Crippen molar-refractivity contribution in [3.05, 3.63) is 29.8 Å².